The number of benzene rings is 6. The Hall–Kier alpha value is -6.04. The normalized spacial score (nSPS) is 11.1. The van der Waals surface area contributed by atoms with Crippen molar-refractivity contribution in [1.82, 2.24) is 24.9 Å². The van der Waals surface area contributed by atoms with Crippen LogP contribution in [0.1, 0.15) is 0 Å². The van der Waals surface area contributed by atoms with Crippen LogP contribution < -0.4 is 0 Å². The molecule has 0 bridgehead atoms. The van der Waals surface area contributed by atoms with Gasteiger partial charge in [-0.2, -0.15) is 0 Å². The minimum absolute atomic E-state index is 0.502. The summed E-state index contributed by atoms with van der Waals surface area (Å²) in [5, 5.41) is 1.53. The van der Waals surface area contributed by atoms with Crippen molar-refractivity contribution in [2.75, 3.05) is 0 Å². The van der Waals surface area contributed by atoms with Crippen LogP contribution in [0.2, 0.25) is 5.02 Å². The maximum absolute atomic E-state index is 7.01. The number of halogens is 1. The van der Waals surface area contributed by atoms with Crippen molar-refractivity contribution in [3.05, 3.63) is 163 Å². The highest BCUT2D eigenvalue weighted by Crippen LogP contribution is 2.39. The summed E-state index contributed by atoms with van der Waals surface area (Å²) in [5.74, 6) is 2.34. The number of hydrogen-bond acceptors (Lipinski definition) is 5. The average molecular weight is 624 g/mol. The van der Waals surface area contributed by atoms with E-state index in [4.69, 9.17) is 36.5 Å². The molecule has 0 fully saturated rings. The summed E-state index contributed by atoms with van der Waals surface area (Å²) in [6, 6.07) is 52.3. The molecule has 47 heavy (non-hydrogen) atoms. The van der Waals surface area contributed by atoms with Gasteiger partial charge in [0.15, 0.2) is 23.3 Å². The topological polar surface area (TPSA) is 64.5 Å². The molecule has 0 spiro atoms. The van der Waals surface area contributed by atoms with Crippen LogP contribution >= 0.6 is 11.6 Å². The van der Waals surface area contributed by atoms with E-state index >= 15 is 0 Å². The number of nitrogens with zero attached hydrogens (tertiary/aromatic N) is 5. The fraction of sp³-hybridized carbons (Fsp3) is 0. The van der Waals surface area contributed by atoms with E-state index in [0.717, 1.165) is 55.5 Å². The van der Waals surface area contributed by atoms with Crippen LogP contribution in [-0.2, 0) is 0 Å². The first-order valence-electron chi connectivity index (χ1n) is 15.3. The SMILES string of the molecule is Clc1cccc(-c2cccc(-c3nc(-c4ccccc4)nc4ccccc34)c2)c1-c1nc(-c2ccccc2)nc(-c2ccccc2)n1. The Kier molecular flexibility index (Phi) is 7.50. The van der Waals surface area contributed by atoms with Crippen LogP contribution in [0.3, 0.4) is 0 Å². The van der Waals surface area contributed by atoms with Crippen LogP contribution in [0.5, 0.6) is 0 Å². The highest BCUT2D eigenvalue weighted by atomic mass is 35.5. The molecule has 0 aliphatic carbocycles. The standard InChI is InChI=1S/C41H26ClN5/c42-34-24-13-23-32(36(34)41-46-39(28-16-6-2-7-17-28)45-40(47-41)29-18-8-3-9-19-29)30-20-12-21-31(26-30)37-33-22-10-11-25-35(33)43-38(44-37)27-14-4-1-5-15-27/h1-26H. The molecule has 0 N–H and O–H groups in total. The van der Waals surface area contributed by atoms with Gasteiger partial charge in [-0.1, -0.05) is 151 Å². The molecule has 2 heterocycles. The van der Waals surface area contributed by atoms with Gasteiger partial charge in [0, 0.05) is 33.2 Å². The van der Waals surface area contributed by atoms with Crippen molar-refractivity contribution >= 4 is 22.5 Å². The molecule has 6 heteroatoms. The summed E-state index contributed by atoms with van der Waals surface area (Å²) >= 11 is 7.01. The van der Waals surface area contributed by atoms with Gasteiger partial charge in [-0.15, -0.1) is 0 Å². The molecule has 0 atom stereocenters. The lowest BCUT2D eigenvalue weighted by atomic mass is 9.95. The molecule has 5 nitrogen and oxygen atoms in total. The lowest BCUT2D eigenvalue weighted by molar-refractivity contribution is 1.07. The Labute approximate surface area is 277 Å². The van der Waals surface area contributed by atoms with E-state index in [2.05, 4.69) is 30.3 Å². The molecular formula is C41H26ClN5. The van der Waals surface area contributed by atoms with Gasteiger partial charge in [0.1, 0.15) is 0 Å². The van der Waals surface area contributed by atoms with E-state index in [0.29, 0.717) is 28.3 Å². The Balaban J connectivity index is 1.31. The van der Waals surface area contributed by atoms with Crippen LogP contribution in [0, 0.1) is 0 Å². The van der Waals surface area contributed by atoms with Gasteiger partial charge in [-0.3, -0.25) is 0 Å². The second-order valence-corrected chi connectivity index (χ2v) is 11.5. The van der Waals surface area contributed by atoms with Gasteiger partial charge >= 0.3 is 0 Å². The minimum Gasteiger partial charge on any atom is -0.228 e. The quantitative estimate of drug-likeness (QED) is 0.184. The molecule has 2 aromatic heterocycles. The van der Waals surface area contributed by atoms with Crippen molar-refractivity contribution in [3.8, 4) is 67.9 Å². The molecule has 0 saturated carbocycles. The Morgan fingerprint density at radius 3 is 1.49 bits per heavy atom. The molecule has 0 aliphatic heterocycles. The zero-order valence-corrected chi connectivity index (χ0v) is 25.9. The predicted octanol–water partition coefficient (Wildman–Crippen LogP) is 10.5. The highest BCUT2D eigenvalue weighted by Gasteiger charge is 2.19. The third-order valence-electron chi connectivity index (χ3n) is 8.02. The lowest BCUT2D eigenvalue weighted by Gasteiger charge is -2.15. The fourth-order valence-corrected chi connectivity index (χ4v) is 6.02. The average Bonchev–Trinajstić information content (AvgIpc) is 3.15. The predicted molar refractivity (Wildman–Crippen MR) is 191 cm³/mol. The zero-order chi connectivity index (χ0) is 31.6. The van der Waals surface area contributed by atoms with E-state index in [1.807, 2.05) is 127 Å². The summed E-state index contributed by atoms with van der Waals surface area (Å²) in [5.41, 5.74) is 8.08. The molecule has 8 rings (SSSR count). The maximum atomic E-state index is 7.01. The zero-order valence-electron chi connectivity index (χ0n) is 25.1. The van der Waals surface area contributed by atoms with Gasteiger partial charge in [0.2, 0.25) is 0 Å². The molecule has 0 amide bonds. The third kappa shape index (κ3) is 5.65. The number of hydrogen-bond donors (Lipinski definition) is 0. The minimum atomic E-state index is 0.502. The first-order valence-corrected chi connectivity index (χ1v) is 15.7. The number of para-hydroxylation sites is 1. The summed E-state index contributed by atoms with van der Waals surface area (Å²) < 4.78 is 0. The van der Waals surface area contributed by atoms with E-state index in [1.165, 1.54) is 0 Å². The van der Waals surface area contributed by atoms with Crippen LogP contribution in [0.4, 0.5) is 0 Å². The van der Waals surface area contributed by atoms with Gasteiger partial charge in [-0.05, 0) is 29.3 Å². The fourth-order valence-electron chi connectivity index (χ4n) is 5.76. The van der Waals surface area contributed by atoms with Gasteiger partial charge in [-0.25, -0.2) is 24.9 Å². The Morgan fingerprint density at radius 1 is 0.362 bits per heavy atom. The molecular weight excluding hydrogens is 598 g/mol. The summed E-state index contributed by atoms with van der Waals surface area (Å²) in [7, 11) is 0. The van der Waals surface area contributed by atoms with E-state index in [9.17, 15) is 0 Å². The van der Waals surface area contributed by atoms with Gasteiger partial charge in [0.05, 0.1) is 16.2 Å². The van der Waals surface area contributed by atoms with Crippen LogP contribution in [0.15, 0.2) is 158 Å². The molecule has 222 valence electrons. The molecule has 0 aliphatic rings. The van der Waals surface area contributed by atoms with E-state index in [-0.39, 0.29) is 0 Å². The summed E-state index contributed by atoms with van der Waals surface area (Å²) in [6.07, 6.45) is 0. The first kappa shape index (κ1) is 28.4. The van der Waals surface area contributed by atoms with E-state index in [1.54, 1.807) is 0 Å². The van der Waals surface area contributed by atoms with Crippen LogP contribution in [0.25, 0.3) is 78.8 Å². The van der Waals surface area contributed by atoms with Gasteiger partial charge in [0.25, 0.3) is 0 Å². The second kappa shape index (κ2) is 12.4. The Morgan fingerprint density at radius 2 is 0.851 bits per heavy atom. The van der Waals surface area contributed by atoms with Crippen molar-refractivity contribution in [2.24, 2.45) is 0 Å². The van der Waals surface area contributed by atoms with Crippen LogP contribution in [-0.4, -0.2) is 24.9 Å². The van der Waals surface area contributed by atoms with Crippen molar-refractivity contribution in [1.29, 1.82) is 0 Å². The van der Waals surface area contributed by atoms with Crippen molar-refractivity contribution < 1.29 is 0 Å². The first-order chi connectivity index (χ1) is 23.2. The number of rotatable bonds is 6. The number of fused-ring (bicyclic) bond motifs is 1. The molecule has 0 unspecified atom stereocenters. The van der Waals surface area contributed by atoms with Crippen molar-refractivity contribution in [2.45, 2.75) is 0 Å². The molecule has 8 aromatic rings. The smallest absolute Gasteiger partial charge is 0.166 e. The third-order valence-corrected chi connectivity index (χ3v) is 8.33. The highest BCUT2D eigenvalue weighted by molar-refractivity contribution is 6.34. The molecule has 6 aromatic carbocycles. The summed E-state index contributed by atoms with van der Waals surface area (Å²) in [4.78, 5) is 24.8. The monoisotopic (exact) mass is 623 g/mol. The Bertz CT molecular complexity index is 2300. The van der Waals surface area contributed by atoms with Crippen molar-refractivity contribution in [3.63, 3.8) is 0 Å². The maximum Gasteiger partial charge on any atom is 0.166 e. The number of aromatic nitrogens is 5. The molecule has 0 saturated heterocycles. The summed E-state index contributed by atoms with van der Waals surface area (Å²) in [6.45, 7) is 0. The second-order valence-electron chi connectivity index (χ2n) is 11.1. The van der Waals surface area contributed by atoms with E-state index < -0.39 is 0 Å². The lowest BCUT2D eigenvalue weighted by Crippen LogP contribution is -2.01. The molecule has 0 radical (unpaired) electrons. The largest absolute Gasteiger partial charge is 0.228 e. The van der Waals surface area contributed by atoms with Gasteiger partial charge < -0.3 is 0 Å².